The van der Waals surface area contributed by atoms with Crippen LogP contribution in [0, 0.1) is 62.7 Å². The van der Waals surface area contributed by atoms with Gasteiger partial charge in [-0.05, 0) is 103 Å². The Morgan fingerprint density at radius 1 is 1.03 bits per heavy atom. The van der Waals surface area contributed by atoms with E-state index in [2.05, 4.69) is 47.6 Å². The second kappa shape index (κ2) is 7.95. The van der Waals surface area contributed by atoms with Gasteiger partial charge in [-0.2, -0.15) is 0 Å². The Labute approximate surface area is 224 Å². The Kier molecular flexibility index (Phi) is 5.79. The lowest BCUT2D eigenvalue weighted by Gasteiger charge is -2.70. The zero-order valence-electron chi connectivity index (χ0n) is 24.1. The van der Waals surface area contributed by atoms with E-state index in [0.717, 1.165) is 44.9 Å². The van der Waals surface area contributed by atoms with Gasteiger partial charge >= 0.3 is 0 Å². The van der Waals surface area contributed by atoms with Crippen molar-refractivity contribution in [2.45, 2.75) is 112 Å². The monoisotopic (exact) mass is 508 g/mol. The number of rotatable bonds is 1. The van der Waals surface area contributed by atoms with Gasteiger partial charge in [-0.25, -0.2) is 0 Å². The van der Waals surface area contributed by atoms with Crippen LogP contribution < -0.4 is 5.73 Å². The SMILES string of the molecule is C#CN(O)C(=O)[C@@]1(C)CC[C@]2(C)CC[C@]3(C)C(=CC(=O)[C@@H]4[C@@]5(C)CC[C@H](N)C(C)(C)C5CC[C@]43C)[C@@H]2C1. The number of carbonyl (C=O) groups is 2. The van der Waals surface area contributed by atoms with Gasteiger partial charge in [0, 0.05) is 18.0 Å². The predicted molar refractivity (Wildman–Crippen MR) is 145 cm³/mol. The van der Waals surface area contributed by atoms with Crippen LogP contribution in [-0.2, 0) is 9.59 Å². The molecule has 0 spiro atoms. The fraction of sp³-hybridized carbons (Fsp3) is 0.812. The summed E-state index contributed by atoms with van der Waals surface area (Å²) in [4.78, 5) is 27.5. The Bertz CT molecular complexity index is 1100. The molecule has 5 heteroatoms. The molecule has 5 nitrogen and oxygen atoms in total. The largest absolute Gasteiger partial charge is 0.327 e. The lowest BCUT2D eigenvalue weighted by Crippen LogP contribution is -2.67. The Hall–Kier alpha value is -1.64. The van der Waals surface area contributed by atoms with Gasteiger partial charge in [0.25, 0.3) is 5.91 Å². The van der Waals surface area contributed by atoms with E-state index in [1.54, 1.807) is 0 Å². The zero-order chi connectivity index (χ0) is 27.4. The molecule has 0 aromatic heterocycles. The molecule has 0 saturated heterocycles. The number of fused-ring (bicyclic) bond motifs is 7. The molecule has 1 unspecified atom stereocenters. The molecule has 1 amide bonds. The zero-order valence-corrected chi connectivity index (χ0v) is 24.1. The van der Waals surface area contributed by atoms with Gasteiger partial charge in [-0.3, -0.25) is 14.8 Å². The van der Waals surface area contributed by atoms with Crippen molar-refractivity contribution in [2.75, 3.05) is 0 Å². The summed E-state index contributed by atoms with van der Waals surface area (Å²) in [5.74, 6) is 0.458. The van der Waals surface area contributed by atoms with Gasteiger partial charge in [-0.15, -0.1) is 5.06 Å². The molecule has 37 heavy (non-hydrogen) atoms. The first-order valence-corrected chi connectivity index (χ1v) is 14.5. The molecule has 0 heterocycles. The number of hydrogen-bond donors (Lipinski definition) is 2. The first-order chi connectivity index (χ1) is 17.0. The summed E-state index contributed by atoms with van der Waals surface area (Å²) in [7, 11) is 0. The van der Waals surface area contributed by atoms with E-state index < -0.39 is 11.3 Å². The summed E-state index contributed by atoms with van der Waals surface area (Å²) in [6.07, 6.45) is 15.9. The number of hydroxylamine groups is 2. The summed E-state index contributed by atoms with van der Waals surface area (Å²) in [6, 6.07) is 2.26. The van der Waals surface area contributed by atoms with Crippen molar-refractivity contribution in [2.24, 2.45) is 56.0 Å². The number of carbonyl (C=O) groups excluding carboxylic acids is 2. The highest BCUT2D eigenvalue weighted by atomic mass is 16.5. The summed E-state index contributed by atoms with van der Waals surface area (Å²) in [5, 5.41) is 10.5. The maximum absolute atomic E-state index is 14.4. The predicted octanol–water partition coefficient (Wildman–Crippen LogP) is 6.10. The van der Waals surface area contributed by atoms with Crippen LogP contribution in [0.3, 0.4) is 0 Å². The van der Waals surface area contributed by atoms with Gasteiger partial charge in [0.05, 0.1) is 5.41 Å². The first-order valence-electron chi connectivity index (χ1n) is 14.5. The number of allylic oxidation sites excluding steroid dienone is 2. The van der Waals surface area contributed by atoms with Crippen LogP contribution in [0.15, 0.2) is 11.6 Å². The van der Waals surface area contributed by atoms with Gasteiger partial charge in [0.1, 0.15) is 0 Å². The highest BCUT2D eigenvalue weighted by Crippen LogP contribution is 2.75. The van der Waals surface area contributed by atoms with E-state index >= 15 is 0 Å². The minimum absolute atomic E-state index is 0.00499. The van der Waals surface area contributed by atoms with Gasteiger partial charge in [0.15, 0.2) is 5.78 Å². The number of terminal acetylenes is 1. The highest BCUT2D eigenvalue weighted by molar-refractivity contribution is 5.95. The van der Waals surface area contributed by atoms with Crippen LogP contribution in [0.25, 0.3) is 0 Å². The minimum Gasteiger partial charge on any atom is -0.327 e. The molecule has 3 N–H and O–H groups in total. The molecule has 4 saturated carbocycles. The summed E-state index contributed by atoms with van der Waals surface area (Å²) in [5.41, 5.74) is 6.97. The average Bonchev–Trinajstić information content (AvgIpc) is 2.83. The highest BCUT2D eigenvalue weighted by Gasteiger charge is 2.70. The lowest BCUT2D eigenvalue weighted by molar-refractivity contribution is -0.189. The smallest absolute Gasteiger partial charge is 0.264 e. The number of nitrogens with two attached hydrogens (primary N) is 1. The van der Waals surface area contributed by atoms with E-state index in [1.165, 1.54) is 5.57 Å². The number of amides is 1. The molecule has 4 fully saturated rings. The van der Waals surface area contributed by atoms with E-state index in [9.17, 15) is 14.8 Å². The second-order valence-corrected chi connectivity index (χ2v) is 15.5. The van der Waals surface area contributed by atoms with Crippen LogP contribution >= 0.6 is 0 Å². The molecule has 9 atom stereocenters. The molecule has 204 valence electrons. The maximum Gasteiger partial charge on any atom is 0.264 e. The molecule has 5 aliphatic rings. The molecule has 0 aromatic carbocycles. The van der Waals surface area contributed by atoms with E-state index in [0.29, 0.717) is 29.6 Å². The number of hydrogen-bond acceptors (Lipinski definition) is 4. The first kappa shape index (κ1) is 26.9. The van der Waals surface area contributed by atoms with E-state index in [4.69, 9.17) is 12.2 Å². The average molecular weight is 509 g/mol. The van der Waals surface area contributed by atoms with Crippen molar-refractivity contribution in [3.05, 3.63) is 11.6 Å². The fourth-order valence-electron chi connectivity index (χ4n) is 10.7. The maximum atomic E-state index is 14.4. The van der Waals surface area contributed by atoms with Crippen molar-refractivity contribution in [1.29, 1.82) is 0 Å². The van der Waals surface area contributed by atoms with Crippen molar-refractivity contribution < 1.29 is 14.8 Å². The van der Waals surface area contributed by atoms with Crippen LogP contribution in [-0.4, -0.2) is 28.0 Å². The fourth-order valence-corrected chi connectivity index (χ4v) is 10.7. The number of nitrogens with zero attached hydrogens (tertiary/aromatic N) is 1. The Morgan fingerprint density at radius 3 is 2.32 bits per heavy atom. The molecular formula is C32H48N2O3. The molecule has 0 aliphatic heterocycles. The number of ketones is 1. The standard InChI is InChI=1S/C32H48N2O3/c1-9-34(37)26(36)29(5)15-14-28(4)16-17-31(7)20(21(28)19-29)18-22(35)25-30(6)12-11-24(33)27(2,3)23(30)10-13-32(25,31)8/h1,18,21,23-25,37H,10-17,19,33H2,2-8H3/t21-,23?,24-,25+,28+,29-,30-,31+,32+/m0/s1. The summed E-state index contributed by atoms with van der Waals surface area (Å²) >= 11 is 0. The third-order valence-electron chi connectivity index (χ3n) is 13.5. The van der Waals surface area contributed by atoms with Gasteiger partial charge < -0.3 is 5.73 Å². The molecule has 0 aromatic rings. The van der Waals surface area contributed by atoms with Crippen LogP contribution in [0.2, 0.25) is 0 Å². The van der Waals surface area contributed by atoms with Crippen molar-refractivity contribution in [3.8, 4) is 12.5 Å². The second-order valence-electron chi connectivity index (χ2n) is 15.5. The van der Waals surface area contributed by atoms with Crippen LogP contribution in [0.4, 0.5) is 0 Å². The molecule has 0 radical (unpaired) electrons. The van der Waals surface area contributed by atoms with E-state index in [-0.39, 0.29) is 45.0 Å². The molecular weight excluding hydrogens is 460 g/mol. The van der Waals surface area contributed by atoms with Crippen LogP contribution in [0.1, 0.15) is 106 Å². The molecule has 5 rings (SSSR count). The quantitative estimate of drug-likeness (QED) is 0.194. The van der Waals surface area contributed by atoms with Crippen LogP contribution in [0.5, 0.6) is 0 Å². The summed E-state index contributed by atoms with van der Waals surface area (Å²) in [6.45, 7) is 16.2. The van der Waals surface area contributed by atoms with Gasteiger partial charge in [0.2, 0.25) is 0 Å². The third-order valence-corrected chi connectivity index (χ3v) is 13.5. The Morgan fingerprint density at radius 2 is 1.68 bits per heavy atom. The molecule has 0 bridgehead atoms. The topological polar surface area (TPSA) is 83.6 Å². The van der Waals surface area contributed by atoms with Crippen molar-refractivity contribution in [3.63, 3.8) is 0 Å². The normalized spacial score (nSPS) is 50.4. The minimum atomic E-state index is -0.738. The lowest BCUT2D eigenvalue weighted by atomic mass is 9.33. The van der Waals surface area contributed by atoms with Gasteiger partial charge in [-0.1, -0.05) is 60.5 Å². The van der Waals surface area contributed by atoms with E-state index in [1.807, 2.05) is 13.0 Å². The third kappa shape index (κ3) is 3.30. The van der Waals surface area contributed by atoms with Crippen molar-refractivity contribution >= 4 is 11.7 Å². The molecule has 5 aliphatic carbocycles. The Balaban J connectivity index is 1.59. The van der Waals surface area contributed by atoms with Crippen molar-refractivity contribution in [1.82, 2.24) is 5.06 Å². The summed E-state index contributed by atoms with van der Waals surface area (Å²) < 4.78 is 0.